The quantitative estimate of drug-likeness (QED) is 0.224. The van der Waals surface area contributed by atoms with Crippen molar-refractivity contribution in [2.45, 2.75) is 12.5 Å². The number of nitro groups is 1. The molecule has 0 amide bonds. The van der Waals surface area contributed by atoms with Crippen LogP contribution in [-0.4, -0.2) is 27.2 Å². The Kier molecular flexibility index (Phi) is 5.77. The van der Waals surface area contributed by atoms with E-state index in [1.54, 1.807) is 49.5 Å². The fourth-order valence-electron chi connectivity index (χ4n) is 4.28. The number of non-ortho nitro benzene ring substituents is 1. The third-order valence-corrected chi connectivity index (χ3v) is 6.16. The van der Waals surface area contributed by atoms with E-state index < -0.39 is 22.3 Å². The summed E-state index contributed by atoms with van der Waals surface area (Å²) in [6.45, 7) is 0.0825. The highest BCUT2D eigenvalue weighted by molar-refractivity contribution is 6.03. The number of rotatable bonds is 7. The second kappa shape index (κ2) is 9.06. The number of nitrogens with one attached hydrogen (secondary N) is 1. The molecule has 0 aliphatic carbocycles. The molecule has 0 fully saturated rings. The van der Waals surface area contributed by atoms with Crippen LogP contribution in [0.3, 0.4) is 0 Å². The zero-order valence-electron chi connectivity index (χ0n) is 19.1. The minimum absolute atomic E-state index is 0.0687. The summed E-state index contributed by atoms with van der Waals surface area (Å²) in [7, 11) is 1.55. The van der Waals surface area contributed by atoms with Gasteiger partial charge >= 0.3 is 0 Å². The van der Waals surface area contributed by atoms with Crippen molar-refractivity contribution in [2.24, 2.45) is 7.05 Å². The topological polar surface area (TPSA) is 133 Å². The van der Waals surface area contributed by atoms with Gasteiger partial charge in [-0.2, -0.15) is 0 Å². The first-order valence-corrected chi connectivity index (χ1v) is 11.1. The fraction of sp³-hybridized carbons (Fsp3) is 0.154. The van der Waals surface area contributed by atoms with Crippen molar-refractivity contribution in [1.82, 2.24) is 4.57 Å². The van der Waals surface area contributed by atoms with Gasteiger partial charge in [0, 0.05) is 36.7 Å². The number of ketones is 1. The van der Waals surface area contributed by atoms with Crippen LogP contribution in [0.4, 0.5) is 11.4 Å². The van der Waals surface area contributed by atoms with E-state index in [4.69, 9.17) is 9.47 Å². The molecule has 1 unspecified atom stereocenters. The van der Waals surface area contributed by atoms with E-state index in [1.807, 2.05) is 0 Å². The number of ether oxygens (including phenoxy) is 2. The maximum atomic E-state index is 13.5. The molecule has 0 spiro atoms. The molecule has 5 rings (SSSR count). The van der Waals surface area contributed by atoms with Gasteiger partial charge in [-0.1, -0.05) is 18.2 Å². The lowest BCUT2D eigenvalue weighted by Gasteiger charge is -2.21. The smallest absolute Gasteiger partial charge is 0.269 e. The first-order valence-electron chi connectivity index (χ1n) is 11.1. The number of fused-ring (bicyclic) bond motifs is 2. The largest absolute Gasteiger partial charge is 0.506 e. The third-order valence-electron chi connectivity index (χ3n) is 6.16. The highest BCUT2D eigenvalue weighted by Crippen LogP contribution is 2.37. The minimum atomic E-state index is -0.649. The molecule has 182 valence electrons. The Labute approximate surface area is 204 Å². The van der Waals surface area contributed by atoms with Crippen molar-refractivity contribution in [1.29, 1.82) is 0 Å². The van der Waals surface area contributed by atoms with Crippen molar-refractivity contribution >= 4 is 28.1 Å². The van der Waals surface area contributed by atoms with Crippen LogP contribution in [0.5, 0.6) is 17.2 Å². The number of Topliss-reactive ketones (excluding diaryl/α,β-unsaturated/α-hetero) is 1. The first kappa shape index (κ1) is 22.9. The summed E-state index contributed by atoms with van der Waals surface area (Å²) in [5, 5.41) is 25.5. The van der Waals surface area contributed by atoms with E-state index in [1.165, 1.54) is 28.8 Å². The molecule has 36 heavy (non-hydrogen) atoms. The lowest BCUT2D eigenvalue weighted by atomic mass is 9.96. The average Bonchev–Trinajstić information content (AvgIpc) is 3.35. The Morgan fingerprint density at radius 2 is 1.83 bits per heavy atom. The molecule has 1 aliphatic heterocycles. The predicted molar refractivity (Wildman–Crippen MR) is 132 cm³/mol. The molecule has 1 aliphatic rings. The Balaban J connectivity index is 1.53. The van der Waals surface area contributed by atoms with Crippen LogP contribution < -0.4 is 20.3 Å². The van der Waals surface area contributed by atoms with Crippen molar-refractivity contribution in [3.63, 3.8) is 0 Å². The van der Waals surface area contributed by atoms with E-state index in [9.17, 15) is 24.8 Å². The summed E-state index contributed by atoms with van der Waals surface area (Å²) < 4.78 is 12.2. The molecule has 1 atom stereocenters. The van der Waals surface area contributed by atoms with E-state index in [0.29, 0.717) is 33.7 Å². The number of aromatic nitrogens is 1. The molecule has 0 radical (unpaired) electrons. The molecule has 1 aromatic heterocycles. The Morgan fingerprint density at radius 1 is 1.11 bits per heavy atom. The average molecular weight is 487 g/mol. The monoisotopic (exact) mass is 487 g/mol. The molecule has 4 aromatic rings. The second-order valence-electron chi connectivity index (χ2n) is 8.35. The molecule has 0 saturated carbocycles. The summed E-state index contributed by atoms with van der Waals surface area (Å²) in [5.41, 5.74) is 0.742. The van der Waals surface area contributed by atoms with Gasteiger partial charge in [0.15, 0.2) is 17.3 Å². The highest BCUT2D eigenvalue weighted by atomic mass is 16.7. The number of para-hydroxylation sites is 1. The number of nitro benzene ring substituents is 1. The number of carbonyl (C=O) groups is 1. The Hall–Kier alpha value is -4.86. The normalized spacial score (nSPS) is 12.9. The number of aryl methyl sites for hydroxylation is 1. The fourth-order valence-corrected chi connectivity index (χ4v) is 4.28. The van der Waals surface area contributed by atoms with Crippen molar-refractivity contribution in [3.05, 3.63) is 98.3 Å². The zero-order valence-corrected chi connectivity index (χ0v) is 19.1. The highest BCUT2D eigenvalue weighted by Gasteiger charge is 2.26. The van der Waals surface area contributed by atoms with Crippen LogP contribution in [0.25, 0.3) is 10.9 Å². The SMILES string of the molecule is Cn1c(=O)c(C(=O)CC(Nc2ccc([N+](=O)[O-])cc2)c2ccc3c(c2)OCO3)c(O)c2ccccc21. The molecule has 10 heteroatoms. The Bertz CT molecular complexity index is 1560. The molecule has 3 aromatic carbocycles. The van der Waals surface area contributed by atoms with Gasteiger partial charge in [0.25, 0.3) is 11.2 Å². The summed E-state index contributed by atoms with van der Waals surface area (Å²) in [4.78, 5) is 37.0. The number of pyridine rings is 1. The lowest BCUT2D eigenvalue weighted by molar-refractivity contribution is -0.384. The van der Waals surface area contributed by atoms with Crippen molar-refractivity contribution < 1.29 is 24.3 Å². The van der Waals surface area contributed by atoms with E-state index >= 15 is 0 Å². The molecule has 10 nitrogen and oxygen atoms in total. The van der Waals surface area contributed by atoms with Gasteiger partial charge in [0.2, 0.25) is 6.79 Å². The van der Waals surface area contributed by atoms with Crippen LogP contribution in [0.15, 0.2) is 71.5 Å². The molecule has 2 N–H and O–H groups in total. The molecule has 0 bridgehead atoms. The molecule has 0 saturated heterocycles. The van der Waals surface area contributed by atoms with Gasteiger partial charge in [0.1, 0.15) is 11.3 Å². The summed E-state index contributed by atoms with van der Waals surface area (Å²) >= 11 is 0. The first-order chi connectivity index (χ1) is 17.3. The van der Waals surface area contributed by atoms with Gasteiger partial charge in [-0.3, -0.25) is 19.7 Å². The van der Waals surface area contributed by atoms with Crippen molar-refractivity contribution in [2.75, 3.05) is 12.1 Å². The van der Waals surface area contributed by atoms with E-state index in [-0.39, 0.29) is 30.2 Å². The second-order valence-corrected chi connectivity index (χ2v) is 8.35. The number of benzene rings is 3. The van der Waals surface area contributed by atoms with Gasteiger partial charge < -0.3 is 24.5 Å². The van der Waals surface area contributed by atoms with Crippen molar-refractivity contribution in [3.8, 4) is 17.2 Å². The van der Waals surface area contributed by atoms with Crippen LogP contribution in [0, 0.1) is 10.1 Å². The van der Waals surface area contributed by atoms with Crippen LogP contribution in [-0.2, 0) is 7.05 Å². The molecular weight excluding hydrogens is 466 g/mol. The third kappa shape index (κ3) is 4.09. The van der Waals surface area contributed by atoms with E-state index in [0.717, 1.165) is 0 Å². The Morgan fingerprint density at radius 3 is 2.58 bits per heavy atom. The van der Waals surface area contributed by atoms with Crippen LogP contribution >= 0.6 is 0 Å². The predicted octanol–water partition coefficient (Wildman–Crippen LogP) is 4.31. The maximum Gasteiger partial charge on any atom is 0.269 e. The lowest BCUT2D eigenvalue weighted by Crippen LogP contribution is -2.26. The molecular formula is C26H21N3O7. The van der Waals surface area contributed by atoms with E-state index in [2.05, 4.69) is 5.32 Å². The van der Waals surface area contributed by atoms with Gasteiger partial charge in [-0.15, -0.1) is 0 Å². The van der Waals surface area contributed by atoms with Crippen LogP contribution in [0.1, 0.15) is 28.4 Å². The van der Waals surface area contributed by atoms with Gasteiger partial charge in [-0.05, 0) is 42.0 Å². The number of anilines is 1. The minimum Gasteiger partial charge on any atom is -0.506 e. The summed E-state index contributed by atoms with van der Waals surface area (Å²) in [5.74, 6) is 0.162. The number of aromatic hydroxyl groups is 1. The number of carbonyl (C=O) groups excluding carboxylic acids is 1. The summed E-state index contributed by atoms with van der Waals surface area (Å²) in [6, 6.07) is 17.1. The maximum absolute atomic E-state index is 13.5. The molecule has 2 heterocycles. The van der Waals surface area contributed by atoms with Gasteiger partial charge in [-0.25, -0.2) is 0 Å². The number of nitrogens with zero attached hydrogens (tertiary/aromatic N) is 2. The zero-order chi connectivity index (χ0) is 25.4. The number of hydrogen-bond donors (Lipinski definition) is 2. The van der Waals surface area contributed by atoms with Gasteiger partial charge in [0.05, 0.1) is 16.5 Å². The standard InChI is InChI=1S/C26H21N3O7/c1-28-20-5-3-2-4-18(20)25(31)24(26(28)32)21(30)13-19(15-6-11-22-23(12-15)36-14-35-22)27-16-7-9-17(10-8-16)29(33)34/h2-12,19,27,31H,13-14H2,1H3. The summed E-state index contributed by atoms with van der Waals surface area (Å²) in [6.07, 6.45) is -0.183. The number of hydrogen-bond acceptors (Lipinski definition) is 8. The van der Waals surface area contributed by atoms with Crippen LogP contribution in [0.2, 0.25) is 0 Å².